The summed E-state index contributed by atoms with van der Waals surface area (Å²) >= 11 is 1.79. The van der Waals surface area contributed by atoms with E-state index in [9.17, 15) is 0 Å². The fourth-order valence-electron chi connectivity index (χ4n) is 1.93. The lowest BCUT2D eigenvalue weighted by Crippen LogP contribution is -2.35. The van der Waals surface area contributed by atoms with Crippen LogP contribution in [0.2, 0.25) is 0 Å². The molecule has 0 saturated heterocycles. The van der Waals surface area contributed by atoms with Crippen molar-refractivity contribution in [1.29, 1.82) is 0 Å². The minimum atomic E-state index is -0.301. The summed E-state index contributed by atoms with van der Waals surface area (Å²) in [5.41, 5.74) is 7.07. The van der Waals surface area contributed by atoms with Gasteiger partial charge in [0, 0.05) is 30.4 Å². The van der Waals surface area contributed by atoms with Gasteiger partial charge in [-0.3, -0.25) is 4.90 Å². The predicted molar refractivity (Wildman–Crippen MR) is 68.6 cm³/mol. The van der Waals surface area contributed by atoms with Crippen molar-refractivity contribution in [2.45, 2.75) is 52.2 Å². The summed E-state index contributed by atoms with van der Waals surface area (Å²) in [4.78, 5) is 8.59. The molecule has 0 fully saturated rings. The summed E-state index contributed by atoms with van der Waals surface area (Å²) in [6, 6.07) is 0.615. The van der Waals surface area contributed by atoms with E-state index in [-0.39, 0.29) is 5.54 Å². The first-order valence-corrected chi connectivity index (χ1v) is 6.71. The fraction of sp³-hybridized carbons (Fsp3) is 0.750. The quantitative estimate of drug-likeness (QED) is 0.859. The molecule has 2 N–H and O–H groups in total. The standard InChI is InChI=1S/C12H21N3S/c1-8(2)15-6-5-9-10(7-15)16-11(14-9)12(3,4)13/h8H,5-7,13H2,1-4H3. The molecule has 0 spiro atoms. The molecule has 16 heavy (non-hydrogen) atoms. The summed E-state index contributed by atoms with van der Waals surface area (Å²) in [5, 5.41) is 1.07. The smallest absolute Gasteiger partial charge is 0.113 e. The third kappa shape index (κ3) is 2.29. The van der Waals surface area contributed by atoms with Crippen LogP contribution in [0.4, 0.5) is 0 Å². The van der Waals surface area contributed by atoms with Crippen molar-refractivity contribution in [2.24, 2.45) is 5.73 Å². The van der Waals surface area contributed by atoms with Crippen LogP contribution in [-0.2, 0) is 18.5 Å². The molecular weight excluding hydrogens is 218 g/mol. The Morgan fingerprint density at radius 2 is 2.12 bits per heavy atom. The van der Waals surface area contributed by atoms with E-state index in [4.69, 9.17) is 5.73 Å². The van der Waals surface area contributed by atoms with Gasteiger partial charge < -0.3 is 5.73 Å². The Morgan fingerprint density at radius 1 is 1.44 bits per heavy atom. The minimum Gasteiger partial charge on any atom is -0.320 e. The van der Waals surface area contributed by atoms with E-state index in [1.54, 1.807) is 11.3 Å². The molecule has 2 rings (SSSR count). The lowest BCUT2D eigenvalue weighted by molar-refractivity contribution is 0.205. The molecule has 0 aliphatic carbocycles. The molecule has 0 radical (unpaired) electrons. The van der Waals surface area contributed by atoms with Gasteiger partial charge in [0.05, 0.1) is 11.2 Å². The molecule has 4 heteroatoms. The molecule has 0 bridgehead atoms. The zero-order chi connectivity index (χ0) is 11.9. The number of fused-ring (bicyclic) bond motifs is 1. The van der Waals surface area contributed by atoms with Crippen molar-refractivity contribution in [3.63, 3.8) is 0 Å². The van der Waals surface area contributed by atoms with Crippen LogP contribution < -0.4 is 5.73 Å². The number of aromatic nitrogens is 1. The van der Waals surface area contributed by atoms with Gasteiger partial charge in [-0.15, -0.1) is 11.3 Å². The van der Waals surface area contributed by atoms with Crippen LogP contribution in [-0.4, -0.2) is 22.5 Å². The molecule has 3 nitrogen and oxygen atoms in total. The maximum Gasteiger partial charge on any atom is 0.113 e. The summed E-state index contributed by atoms with van der Waals surface area (Å²) in [7, 11) is 0. The van der Waals surface area contributed by atoms with Crippen molar-refractivity contribution < 1.29 is 0 Å². The average Bonchev–Trinajstić information content (AvgIpc) is 2.58. The Kier molecular flexibility index (Phi) is 3.07. The van der Waals surface area contributed by atoms with Crippen molar-refractivity contribution in [1.82, 2.24) is 9.88 Å². The number of nitrogens with zero attached hydrogens (tertiary/aromatic N) is 2. The maximum absolute atomic E-state index is 6.10. The number of hydrogen-bond acceptors (Lipinski definition) is 4. The first-order valence-electron chi connectivity index (χ1n) is 5.90. The Hall–Kier alpha value is -0.450. The molecule has 1 aromatic rings. The SMILES string of the molecule is CC(C)N1CCc2nc(C(C)(C)N)sc2C1. The second-order valence-corrected chi connectivity index (χ2v) is 6.51. The van der Waals surface area contributed by atoms with E-state index in [0.717, 1.165) is 24.5 Å². The van der Waals surface area contributed by atoms with E-state index in [1.807, 2.05) is 13.8 Å². The molecule has 0 unspecified atom stereocenters. The van der Waals surface area contributed by atoms with Gasteiger partial charge in [-0.05, 0) is 27.7 Å². The first-order chi connectivity index (χ1) is 7.38. The maximum atomic E-state index is 6.10. The number of hydrogen-bond donors (Lipinski definition) is 1. The van der Waals surface area contributed by atoms with Crippen LogP contribution in [0.25, 0.3) is 0 Å². The van der Waals surface area contributed by atoms with Crippen LogP contribution in [0.1, 0.15) is 43.3 Å². The zero-order valence-corrected chi connectivity index (χ0v) is 11.4. The first kappa shape index (κ1) is 12.0. The molecule has 0 amide bonds. The summed E-state index contributed by atoms with van der Waals surface area (Å²) in [5.74, 6) is 0. The van der Waals surface area contributed by atoms with Crippen LogP contribution in [0.3, 0.4) is 0 Å². The van der Waals surface area contributed by atoms with E-state index in [1.165, 1.54) is 10.6 Å². The topological polar surface area (TPSA) is 42.2 Å². The van der Waals surface area contributed by atoms with Crippen molar-refractivity contribution in [2.75, 3.05) is 6.54 Å². The number of rotatable bonds is 2. The molecule has 2 heterocycles. The molecule has 1 aromatic heterocycles. The number of thiazole rings is 1. The van der Waals surface area contributed by atoms with Gasteiger partial charge in [0.2, 0.25) is 0 Å². The van der Waals surface area contributed by atoms with Crippen molar-refractivity contribution in [3.8, 4) is 0 Å². The van der Waals surface area contributed by atoms with Gasteiger partial charge in [0.1, 0.15) is 5.01 Å². The molecule has 1 aliphatic rings. The Balaban J connectivity index is 2.23. The molecule has 90 valence electrons. The second-order valence-electron chi connectivity index (χ2n) is 5.42. The third-order valence-electron chi connectivity index (χ3n) is 3.04. The summed E-state index contributed by atoms with van der Waals surface area (Å²) in [6.45, 7) is 10.7. The largest absolute Gasteiger partial charge is 0.320 e. The molecule has 0 aromatic carbocycles. The predicted octanol–water partition coefficient (Wildman–Crippen LogP) is 2.10. The highest BCUT2D eigenvalue weighted by molar-refractivity contribution is 7.11. The molecule has 1 aliphatic heterocycles. The van der Waals surface area contributed by atoms with Crippen molar-refractivity contribution >= 4 is 11.3 Å². The van der Waals surface area contributed by atoms with Gasteiger partial charge in [0.15, 0.2) is 0 Å². The van der Waals surface area contributed by atoms with E-state index >= 15 is 0 Å². The Bertz CT molecular complexity index is 376. The minimum absolute atomic E-state index is 0.301. The lowest BCUT2D eigenvalue weighted by Gasteiger charge is -2.29. The molecular formula is C12H21N3S. The normalized spacial score (nSPS) is 17.9. The van der Waals surface area contributed by atoms with Gasteiger partial charge in [-0.25, -0.2) is 4.98 Å². The lowest BCUT2D eigenvalue weighted by atomic mass is 10.1. The highest BCUT2D eigenvalue weighted by Gasteiger charge is 2.26. The average molecular weight is 239 g/mol. The summed E-state index contributed by atoms with van der Waals surface area (Å²) in [6.07, 6.45) is 1.07. The summed E-state index contributed by atoms with van der Waals surface area (Å²) < 4.78 is 0. The van der Waals surface area contributed by atoms with Crippen LogP contribution >= 0.6 is 11.3 Å². The zero-order valence-electron chi connectivity index (χ0n) is 10.6. The highest BCUT2D eigenvalue weighted by Crippen LogP contribution is 2.30. The van der Waals surface area contributed by atoms with Gasteiger partial charge in [-0.1, -0.05) is 0 Å². The molecule has 0 saturated carbocycles. The fourth-order valence-corrected chi connectivity index (χ4v) is 3.08. The van der Waals surface area contributed by atoms with Crippen LogP contribution in [0, 0.1) is 0 Å². The van der Waals surface area contributed by atoms with Gasteiger partial charge in [0.25, 0.3) is 0 Å². The van der Waals surface area contributed by atoms with Gasteiger partial charge in [-0.2, -0.15) is 0 Å². The monoisotopic (exact) mass is 239 g/mol. The van der Waals surface area contributed by atoms with Crippen LogP contribution in [0.5, 0.6) is 0 Å². The van der Waals surface area contributed by atoms with Gasteiger partial charge >= 0.3 is 0 Å². The number of nitrogens with two attached hydrogens (primary N) is 1. The van der Waals surface area contributed by atoms with E-state index in [2.05, 4.69) is 23.7 Å². The highest BCUT2D eigenvalue weighted by atomic mass is 32.1. The second kappa shape index (κ2) is 4.09. The van der Waals surface area contributed by atoms with Crippen molar-refractivity contribution in [3.05, 3.63) is 15.6 Å². The molecule has 0 atom stereocenters. The Labute approximate surface area is 102 Å². The van der Waals surface area contributed by atoms with E-state index in [0.29, 0.717) is 6.04 Å². The Morgan fingerprint density at radius 3 is 2.69 bits per heavy atom. The van der Waals surface area contributed by atoms with Crippen LogP contribution in [0.15, 0.2) is 0 Å². The van der Waals surface area contributed by atoms with E-state index < -0.39 is 0 Å². The third-order valence-corrected chi connectivity index (χ3v) is 4.46.